The molecule has 14 heteroatoms. The van der Waals surface area contributed by atoms with Crippen molar-refractivity contribution in [3.8, 4) is 16.9 Å². The van der Waals surface area contributed by atoms with Crippen LogP contribution in [0, 0.1) is 17.2 Å². The molecule has 0 aliphatic heterocycles. The number of hydrogen-bond donors (Lipinski definition) is 4. The van der Waals surface area contributed by atoms with Crippen molar-refractivity contribution in [3.63, 3.8) is 0 Å². The summed E-state index contributed by atoms with van der Waals surface area (Å²) in [6, 6.07) is 12.2. The summed E-state index contributed by atoms with van der Waals surface area (Å²) in [7, 11) is 1.44. The predicted molar refractivity (Wildman–Crippen MR) is 202 cm³/mol. The van der Waals surface area contributed by atoms with Gasteiger partial charge >= 0.3 is 18.0 Å². The maximum absolute atomic E-state index is 14.0. The van der Waals surface area contributed by atoms with E-state index in [0.29, 0.717) is 35.0 Å². The van der Waals surface area contributed by atoms with E-state index in [0.717, 1.165) is 38.5 Å². The lowest BCUT2D eigenvalue weighted by Gasteiger charge is -2.17. The van der Waals surface area contributed by atoms with Gasteiger partial charge in [-0.25, -0.2) is 14.6 Å². The number of nitrogens with one attached hydrogen (secondary N) is 4. The first-order valence-corrected chi connectivity index (χ1v) is 17.9. The van der Waals surface area contributed by atoms with Crippen molar-refractivity contribution in [3.05, 3.63) is 83.2 Å². The summed E-state index contributed by atoms with van der Waals surface area (Å²) in [4.78, 5) is 69.0. The van der Waals surface area contributed by atoms with E-state index in [2.05, 4.69) is 34.4 Å². The molecule has 286 valence electrons. The first-order valence-electron chi connectivity index (χ1n) is 17.9. The van der Waals surface area contributed by atoms with Crippen LogP contribution in [-0.4, -0.2) is 67.7 Å². The number of amides is 3. The van der Waals surface area contributed by atoms with Crippen molar-refractivity contribution in [2.45, 2.75) is 59.3 Å². The quantitative estimate of drug-likeness (QED) is 0.0357. The highest BCUT2D eigenvalue weighted by atomic mass is 16.7. The Morgan fingerprint density at radius 2 is 1.69 bits per heavy atom. The van der Waals surface area contributed by atoms with E-state index in [1.165, 1.54) is 31.4 Å². The predicted octanol–water partition coefficient (Wildman–Crippen LogP) is 6.74. The monoisotopic (exact) mass is 741 g/mol. The second-order valence-electron chi connectivity index (χ2n) is 13.0. The fourth-order valence-corrected chi connectivity index (χ4v) is 5.15. The van der Waals surface area contributed by atoms with E-state index >= 15 is 0 Å². The van der Waals surface area contributed by atoms with Gasteiger partial charge in [0.1, 0.15) is 17.3 Å². The van der Waals surface area contributed by atoms with Gasteiger partial charge in [0.2, 0.25) is 6.79 Å². The van der Waals surface area contributed by atoms with Gasteiger partial charge in [-0.15, -0.1) is 0 Å². The smallest absolute Gasteiger partial charge is 0.412 e. The third-order valence-corrected chi connectivity index (χ3v) is 8.45. The minimum Gasteiger partial charge on any atom is -0.496 e. The highest BCUT2D eigenvalue weighted by Gasteiger charge is 2.27. The van der Waals surface area contributed by atoms with Crippen LogP contribution in [-0.2, 0) is 19.0 Å². The Morgan fingerprint density at radius 3 is 2.33 bits per heavy atom. The van der Waals surface area contributed by atoms with E-state index in [9.17, 15) is 24.0 Å². The minimum atomic E-state index is -0.997. The number of ether oxygens (including phenoxy) is 4. The zero-order chi connectivity index (χ0) is 39.2. The lowest BCUT2D eigenvalue weighted by molar-refractivity contribution is -0.155. The molecule has 0 radical (unpaired) electrons. The summed E-state index contributed by atoms with van der Waals surface area (Å²) in [5.74, 6) is -2.54. The van der Waals surface area contributed by atoms with Gasteiger partial charge in [-0.3, -0.25) is 25.1 Å². The zero-order valence-corrected chi connectivity index (χ0v) is 31.0. The molecule has 1 aliphatic carbocycles. The number of nitrogens with zero attached hydrogens (tertiary/aromatic N) is 1. The number of esters is 2. The average molecular weight is 742 g/mol. The summed E-state index contributed by atoms with van der Waals surface area (Å²) >= 11 is 0. The van der Waals surface area contributed by atoms with Crippen LogP contribution in [0.25, 0.3) is 17.2 Å². The number of benzene rings is 2. The molecule has 4 N–H and O–H groups in total. The fraction of sp³-hybridized carbons (Fsp3) is 0.375. The van der Waals surface area contributed by atoms with Gasteiger partial charge in [0.25, 0.3) is 11.8 Å². The van der Waals surface area contributed by atoms with Crippen LogP contribution in [0.3, 0.4) is 0 Å². The molecule has 3 aromatic rings. The molecule has 0 saturated heterocycles. The molecule has 1 fully saturated rings. The Bertz CT molecular complexity index is 1870. The second kappa shape index (κ2) is 19.7. The van der Waals surface area contributed by atoms with Crippen LogP contribution in [0.15, 0.2) is 55.1 Å². The van der Waals surface area contributed by atoms with Gasteiger partial charge in [-0.2, -0.15) is 0 Å². The van der Waals surface area contributed by atoms with Crippen LogP contribution in [0.2, 0.25) is 0 Å². The maximum atomic E-state index is 14.0. The Morgan fingerprint density at radius 1 is 0.944 bits per heavy atom. The molecule has 1 saturated carbocycles. The van der Waals surface area contributed by atoms with Crippen LogP contribution in [0.5, 0.6) is 5.75 Å². The van der Waals surface area contributed by atoms with Gasteiger partial charge < -0.3 is 29.6 Å². The molecule has 2 aromatic carbocycles. The number of pyridine rings is 1. The lowest BCUT2D eigenvalue weighted by atomic mass is 9.94. The van der Waals surface area contributed by atoms with E-state index in [4.69, 9.17) is 24.4 Å². The summed E-state index contributed by atoms with van der Waals surface area (Å²) in [6.07, 6.45) is 6.64. The number of unbranched alkanes of at least 4 members (excludes halogenated alkanes) is 3. The molecule has 0 bridgehead atoms. The molecule has 1 aliphatic rings. The van der Waals surface area contributed by atoms with Crippen LogP contribution >= 0.6 is 0 Å². The van der Waals surface area contributed by atoms with Crippen molar-refractivity contribution in [1.82, 2.24) is 15.6 Å². The SMILES string of the molecule is C=Cc1cc(C(=O)Nc2ccc(C(=N)NC(=O)OCCCCCC)cc2)c(-c2ccc(C(=O)NCC3CC3)nc2C(=O)OCOC(=O)C(C)C)cc1OC. The van der Waals surface area contributed by atoms with E-state index in [1.54, 1.807) is 44.2 Å². The van der Waals surface area contributed by atoms with Gasteiger partial charge in [0.15, 0.2) is 5.69 Å². The minimum absolute atomic E-state index is 0.0495. The zero-order valence-electron chi connectivity index (χ0n) is 31.0. The van der Waals surface area contributed by atoms with E-state index in [-0.39, 0.29) is 40.5 Å². The van der Waals surface area contributed by atoms with Gasteiger partial charge in [0.05, 0.1) is 19.6 Å². The molecule has 14 nitrogen and oxygen atoms in total. The average Bonchev–Trinajstić information content (AvgIpc) is 4.01. The number of aromatic nitrogens is 1. The number of amidine groups is 1. The van der Waals surface area contributed by atoms with Gasteiger partial charge in [0, 0.05) is 40.0 Å². The molecule has 54 heavy (non-hydrogen) atoms. The Kier molecular flexibility index (Phi) is 14.8. The highest BCUT2D eigenvalue weighted by Crippen LogP contribution is 2.35. The number of alkyl carbamates (subject to hydrolysis) is 1. The van der Waals surface area contributed by atoms with Crippen molar-refractivity contribution < 1.29 is 42.9 Å². The first-order chi connectivity index (χ1) is 25.9. The molecular weight excluding hydrogens is 694 g/mol. The van der Waals surface area contributed by atoms with Gasteiger partial charge in [-0.05, 0) is 73.7 Å². The normalized spacial score (nSPS) is 11.9. The van der Waals surface area contributed by atoms with Crippen LogP contribution in [0.1, 0.15) is 102 Å². The molecule has 1 aromatic heterocycles. The van der Waals surface area contributed by atoms with Crippen LogP contribution < -0.4 is 20.7 Å². The third-order valence-electron chi connectivity index (χ3n) is 8.45. The summed E-state index contributed by atoms with van der Waals surface area (Å²) in [5, 5.41) is 16.3. The molecule has 3 amide bonds. The molecule has 1 heterocycles. The van der Waals surface area contributed by atoms with Crippen molar-refractivity contribution in [2.24, 2.45) is 11.8 Å². The topological polar surface area (TPSA) is 195 Å². The highest BCUT2D eigenvalue weighted by molar-refractivity contribution is 6.11. The molecule has 0 atom stereocenters. The fourth-order valence-electron chi connectivity index (χ4n) is 5.15. The standard InChI is InChI=1S/C40H47N5O9/c1-6-8-9-10-19-52-40(50)45-35(41)27-13-15-28(16-14-27)43-36(46)31-20-26(7-2)33(51-5)21-30(31)29-17-18-32(37(47)42-22-25-11-12-25)44-34(29)39(49)54-23-53-38(48)24(3)4/h7,13-18,20-21,24-25H,2,6,8-12,19,22-23H2,1,3-5H3,(H,42,47)(H,43,46)(H2,41,45,50). The van der Waals surface area contributed by atoms with Crippen molar-refractivity contribution in [2.75, 3.05) is 32.4 Å². The third kappa shape index (κ3) is 11.5. The second-order valence-corrected chi connectivity index (χ2v) is 13.0. The molecule has 4 rings (SSSR count). The van der Waals surface area contributed by atoms with E-state index < -0.39 is 42.6 Å². The van der Waals surface area contributed by atoms with E-state index in [1.807, 2.05) is 0 Å². The Labute approximate surface area is 314 Å². The van der Waals surface area contributed by atoms with Gasteiger partial charge in [-0.1, -0.05) is 52.7 Å². The molecular formula is C40H47N5O9. The number of carbonyl (C=O) groups is 5. The number of anilines is 1. The summed E-state index contributed by atoms with van der Waals surface area (Å²) < 4.78 is 21.0. The lowest BCUT2D eigenvalue weighted by Crippen LogP contribution is -2.31. The Balaban J connectivity index is 1.61. The summed E-state index contributed by atoms with van der Waals surface area (Å²) in [6.45, 7) is 9.23. The molecule has 0 unspecified atom stereocenters. The maximum Gasteiger partial charge on any atom is 0.412 e. The summed E-state index contributed by atoms with van der Waals surface area (Å²) in [5.41, 5.74) is 1.33. The van der Waals surface area contributed by atoms with Crippen molar-refractivity contribution >= 4 is 47.4 Å². The number of hydrogen-bond acceptors (Lipinski definition) is 11. The van der Waals surface area contributed by atoms with Crippen molar-refractivity contribution in [1.29, 1.82) is 5.41 Å². The largest absolute Gasteiger partial charge is 0.496 e. The molecule has 0 spiro atoms. The Hall–Kier alpha value is -6.05. The first kappa shape index (κ1) is 40.7. The number of methoxy groups -OCH3 is 1. The van der Waals surface area contributed by atoms with Crippen LogP contribution in [0.4, 0.5) is 10.5 Å². The number of carbonyl (C=O) groups excluding carboxylic acids is 5. The number of rotatable bonds is 18.